The summed E-state index contributed by atoms with van der Waals surface area (Å²) in [5, 5.41) is 9.20. The molecule has 1 fully saturated rings. The first-order chi connectivity index (χ1) is 8.22. The van der Waals surface area contributed by atoms with Gasteiger partial charge in [-0.3, -0.25) is 0 Å². The van der Waals surface area contributed by atoms with Crippen LogP contribution in [-0.2, 0) is 11.2 Å². The molecule has 2 rings (SSSR count). The van der Waals surface area contributed by atoms with Gasteiger partial charge < -0.3 is 10.5 Å². The molecule has 1 aliphatic rings. The second kappa shape index (κ2) is 4.87. The zero-order chi connectivity index (χ0) is 12.3. The number of rotatable bonds is 4. The first-order valence-electron chi connectivity index (χ1n) is 6.05. The molecular weight excluding hydrogens is 212 g/mol. The number of hydrogen-bond acceptors (Lipinski definition) is 3. The van der Waals surface area contributed by atoms with Crippen molar-refractivity contribution in [1.29, 1.82) is 5.26 Å². The lowest BCUT2D eigenvalue weighted by atomic mass is 9.77. The average Bonchev–Trinajstić information content (AvgIpc) is 2.29. The van der Waals surface area contributed by atoms with Crippen LogP contribution < -0.4 is 5.73 Å². The Bertz CT molecular complexity index is 415. The Morgan fingerprint density at radius 2 is 2.06 bits per heavy atom. The molecule has 2 N–H and O–H groups in total. The van der Waals surface area contributed by atoms with Crippen LogP contribution in [0.2, 0.25) is 0 Å². The highest BCUT2D eigenvalue weighted by Gasteiger charge is 2.45. The van der Waals surface area contributed by atoms with Gasteiger partial charge in [-0.1, -0.05) is 37.6 Å². The molecule has 0 spiro atoms. The van der Waals surface area contributed by atoms with Crippen molar-refractivity contribution < 1.29 is 4.74 Å². The summed E-state index contributed by atoms with van der Waals surface area (Å²) < 4.78 is 5.13. The maximum Gasteiger partial charge on any atom is 0.123 e. The van der Waals surface area contributed by atoms with Crippen molar-refractivity contribution in [3.63, 3.8) is 0 Å². The van der Waals surface area contributed by atoms with Crippen LogP contribution in [0.3, 0.4) is 0 Å². The van der Waals surface area contributed by atoms with E-state index in [1.165, 1.54) is 5.56 Å². The standard InChI is InChI=1S/C14H18N2O/c1-2-3-11-4-6-12(7-5-11)13(16)14(8-15)9-17-10-14/h4-7,13H,2-3,9-10,16H2,1H3. The van der Waals surface area contributed by atoms with Crippen LogP contribution in [-0.4, -0.2) is 13.2 Å². The Balaban J connectivity index is 2.14. The van der Waals surface area contributed by atoms with E-state index in [4.69, 9.17) is 10.5 Å². The molecule has 0 radical (unpaired) electrons. The monoisotopic (exact) mass is 230 g/mol. The fraction of sp³-hybridized carbons (Fsp3) is 0.500. The van der Waals surface area contributed by atoms with E-state index in [2.05, 4.69) is 25.1 Å². The van der Waals surface area contributed by atoms with Gasteiger partial charge in [0.1, 0.15) is 5.41 Å². The number of hydrogen-bond donors (Lipinski definition) is 1. The van der Waals surface area contributed by atoms with Crippen LogP contribution in [0.5, 0.6) is 0 Å². The largest absolute Gasteiger partial charge is 0.378 e. The van der Waals surface area contributed by atoms with E-state index in [1.807, 2.05) is 12.1 Å². The first kappa shape index (κ1) is 12.1. The molecular formula is C14H18N2O. The van der Waals surface area contributed by atoms with Gasteiger partial charge in [-0.25, -0.2) is 0 Å². The van der Waals surface area contributed by atoms with Gasteiger partial charge in [0.2, 0.25) is 0 Å². The van der Waals surface area contributed by atoms with Gasteiger partial charge in [0, 0.05) is 0 Å². The summed E-state index contributed by atoms with van der Waals surface area (Å²) in [4.78, 5) is 0. The van der Waals surface area contributed by atoms with Crippen molar-refractivity contribution in [3.8, 4) is 6.07 Å². The summed E-state index contributed by atoms with van der Waals surface area (Å²) >= 11 is 0. The van der Waals surface area contributed by atoms with Crippen LogP contribution in [0.1, 0.15) is 30.5 Å². The lowest BCUT2D eigenvalue weighted by Gasteiger charge is -2.39. The van der Waals surface area contributed by atoms with Crippen molar-refractivity contribution in [2.75, 3.05) is 13.2 Å². The predicted octanol–water partition coefficient (Wildman–Crippen LogP) is 2.18. The predicted molar refractivity (Wildman–Crippen MR) is 66.2 cm³/mol. The minimum Gasteiger partial charge on any atom is -0.378 e. The van der Waals surface area contributed by atoms with Crippen molar-refractivity contribution >= 4 is 0 Å². The van der Waals surface area contributed by atoms with Crippen molar-refractivity contribution in [3.05, 3.63) is 35.4 Å². The van der Waals surface area contributed by atoms with Gasteiger partial charge in [0.25, 0.3) is 0 Å². The minimum absolute atomic E-state index is 0.253. The molecule has 3 nitrogen and oxygen atoms in total. The van der Waals surface area contributed by atoms with Gasteiger partial charge >= 0.3 is 0 Å². The third-order valence-corrected chi connectivity index (χ3v) is 3.41. The topological polar surface area (TPSA) is 59.0 Å². The van der Waals surface area contributed by atoms with Crippen LogP contribution in [0.4, 0.5) is 0 Å². The lowest BCUT2D eigenvalue weighted by molar-refractivity contribution is -0.0910. The number of aryl methyl sites for hydroxylation is 1. The van der Waals surface area contributed by atoms with E-state index in [9.17, 15) is 5.26 Å². The maximum atomic E-state index is 9.20. The second-order valence-electron chi connectivity index (χ2n) is 4.73. The van der Waals surface area contributed by atoms with Crippen LogP contribution in [0.25, 0.3) is 0 Å². The minimum atomic E-state index is -0.522. The van der Waals surface area contributed by atoms with Crippen LogP contribution in [0, 0.1) is 16.7 Å². The molecule has 0 saturated carbocycles. The molecule has 17 heavy (non-hydrogen) atoms. The van der Waals surface area contributed by atoms with Crippen LogP contribution in [0.15, 0.2) is 24.3 Å². The summed E-state index contributed by atoms with van der Waals surface area (Å²) in [5.74, 6) is 0. The van der Waals surface area contributed by atoms with E-state index < -0.39 is 5.41 Å². The highest BCUT2D eigenvalue weighted by Crippen LogP contribution is 2.38. The molecule has 1 aliphatic heterocycles. The molecule has 0 aliphatic carbocycles. The van der Waals surface area contributed by atoms with E-state index in [0.717, 1.165) is 18.4 Å². The fourth-order valence-electron chi connectivity index (χ4n) is 2.13. The highest BCUT2D eigenvalue weighted by molar-refractivity contribution is 5.29. The number of nitrogens with zero attached hydrogens (tertiary/aromatic N) is 1. The summed E-state index contributed by atoms with van der Waals surface area (Å²) in [6.07, 6.45) is 2.23. The summed E-state index contributed by atoms with van der Waals surface area (Å²) in [5.41, 5.74) is 7.99. The van der Waals surface area contributed by atoms with E-state index in [1.54, 1.807) is 0 Å². The third kappa shape index (κ3) is 2.19. The molecule has 1 unspecified atom stereocenters. The van der Waals surface area contributed by atoms with Gasteiger partial charge in [-0.05, 0) is 17.5 Å². The molecule has 1 heterocycles. The van der Waals surface area contributed by atoms with E-state index in [0.29, 0.717) is 13.2 Å². The Morgan fingerprint density at radius 1 is 1.41 bits per heavy atom. The Hall–Kier alpha value is -1.37. The number of ether oxygens (including phenoxy) is 1. The quantitative estimate of drug-likeness (QED) is 0.862. The molecule has 1 atom stereocenters. The molecule has 90 valence electrons. The molecule has 0 bridgehead atoms. The summed E-state index contributed by atoms with van der Waals surface area (Å²) in [7, 11) is 0. The number of nitrogens with two attached hydrogens (primary N) is 1. The van der Waals surface area contributed by atoms with E-state index >= 15 is 0 Å². The zero-order valence-electron chi connectivity index (χ0n) is 10.1. The van der Waals surface area contributed by atoms with Gasteiger partial charge in [-0.2, -0.15) is 5.26 Å². The average molecular weight is 230 g/mol. The maximum absolute atomic E-state index is 9.20. The smallest absolute Gasteiger partial charge is 0.123 e. The number of nitriles is 1. The SMILES string of the molecule is CCCc1ccc(C(N)C2(C#N)COC2)cc1. The van der Waals surface area contributed by atoms with Crippen LogP contribution >= 0.6 is 0 Å². The number of benzene rings is 1. The third-order valence-electron chi connectivity index (χ3n) is 3.41. The zero-order valence-corrected chi connectivity index (χ0v) is 10.1. The summed E-state index contributed by atoms with van der Waals surface area (Å²) in [6.45, 7) is 3.05. The highest BCUT2D eigenvalue weighted by atomic mass is 16.5. The Morgan fingerprint density at radius 3 is 2.47 bits per heavy atom. The molecule has 1 aromatic carbocycles. The second-order valence-corrected chi connectivity index (χ2v) is 4.73. The Labute approximate surface area is 102 Å². The van der Waals surface area contributed by atoms with Crippen molar-refractivity contribution in [2.24, 2.45) is 11.1 Å². The molecule has 0 aromatic heterocycles. The van der Waals surface area contributed by atoms with Gasteiger partial charge in [0.15, 0.2) is 0 Å². The molecule has 0 amide bonds. The van der Waals surface area contributed by atoms with Gasteiger partial charge in [0.05, 0.1) is 25.3 Å². The van der Waals surface area contributed by atoms with E-state index in [-0.39, 0.29) is 6.04 Å². The first-order valence-corrected chi connectivity index (χ1v) is 6.05. The Kier molecular flexibility index (Phi) is 3.46. The molecule has 1 aromatic rings. The van der Waals surface area contributed by atoms with Crippen molar-refractivity contribution in [1.82, 2.24) is 0 Å². The molecule has 3 heteroatoms. The normalized spacial score (nSPS) is 19.1. The molecule has 1 saturated heterocycles. The van der Waals surface area contributed by atoms with Crippen molar-refractivity contribution in [2.45, 2.75) is 25.8 Å². The summed E-state index contributed by atoms with van der Waals surface area (Å²) in [6, 6.07) is 10.3. The lowest BCUT2D eigenvalue weighted by Crippen LogP contribution is -2.49. The fourth-order valence-corrected chi connectivity index (χ4v) is 2.13. The van der Waals surface area contributed by atoms with Gasteiger partial charge in [-0.15, -0.1) is 0 Å².